The van der Waals surface area contributed by atoms with Crippen molar-refractivity contribution < 1.29 is 9.18 Å². The predicted molar refractivity (Wildman–Crippen MR) is 92.8 cm³/mol. The van der Waals surface area contributed by atoms with Crippen LogP contribution in [-0.2, 0) is 6.54 Å². The summed E-state index contributed by atoms with van der Waals surface area (Å²) in [5, 5.41) is 2.93. The number of hydrogen-bond acceptors (Lipinski definition) is 3. The molecule has 1 N–H and O–H groups in total. The molecule has 0 spiro atoms. The fraction of sp³-hybridized carbons (Fsp3) is 0.389. The molecule has 3 heterocycles. The van der Waals surface area contributed by atoms with E-state index in [2.05, 4.69) is 15.3 Å². The average Bonchev–Trinajstić information content (AvgIpc) is 3.14. The highest BCUT2D eigenvalue weighted by Gasteiger charge is 2.29. The van der Waals surface area contributed by atoms with Crippen LogP contribution in [0.3, 0.4) is 0 Å². The Morgan fingerprint density at radius 2 is 2.12 bits per heavy atom. The largest absolute Gasteiger partial charge is 0.345 e. The number of aromatic nitrogens is 4. The van der Waals surface area contributed by atoms with Crippen molar-refractivity contribution >= 4 is 11.6 Å². The van der Waals surface area contributed by atoms with Gasteiger partial charge in [-0.3, -0.25) is 9.20 Å². The fourth-order valence-corrected chi connectivity index (χ4v) is 2.73. The van der Waals surface area contributed by atoms with Crippen LogP contribution in [0.4, 0.5) is 4.39 Å². The summed E-state index contributed by atoms with van der Waals surface area (Å²) in [6.07, 6.45) is 5.21. The Hall–Kier alpha value is -2.70. The highest BCUT2D eigenvalue weighted by Crippen LogP contribution is 2.22. The highest BCUT2D eigenvalue weighted by atomic mass is 19.1. The van der Waals surface area contributed by atoms with E-state index in [1.165, 1.54) is 4.40 Å². The maximum Gasteiger partial charge on any atom is 0.274 e. The number of nitrogens with zero attached hydrogens (tertiary/aromatic N) is 4. The average molecular weight is 343 g/mol. The van der Waals surface area contributed by atoms with Gasteiger partial charge in [0.1, 0.15) is 5.65 Å². The molecule has 3 rings (SSSR count). The smallest absolute Gasteiger partial charge is 0.274 e. The molecule has 132 valence electrons. The van der Waals surface area contributed by atoms with E-state index >= 15 is 0 Å². The van der Waals surface area contributed by atoms with Crippen molar-refractivity contribution in [2.45, 2.75) is 40.3 Å². The van der Waals surface area contributed by atoms with Gasteiger partial charge in [-0.1, -0.05) is 26.8 Å². The number of rotatable bonds is 4. The van der Waals surface area contributed by atoms with Crippen LogP contribution in [0.2, 0.25) is 0 Å². The second-order valence-electron chi connectivity index (χ2n) is 7.26. The molecule has 3 aromatic rings. The summed E-state index contributed by atoms with van der Waals surface area (Å²) in [7, 11) is 0. The van der Waals surface area contributed by atoms with Gasteiger partial charge >= 0.3 is 0 Å². The van der Waals surface area contributed by atoms with Crippen LogP contribution in [0, 0.1) is 18.3 Å². The maximum absolute atomic E-state index is 14.7. The third-order valence-electron chi connectivity index (χ3n) is 4.30. The van der Waals surface area contributed by atoms with Crippen LogP contribution in [0.5, 0.6) is 0 Å². The molecule has 25 heavy (non-hydrogen) atoms. The van der Waals surface area contributed by atoms with Crippen LogP contribution in [0.25, 0.3) is 5.65 Å². The molecule has 0 bridgehead atoms. The first-order valence-corrected chi connectivity index (χ1v) is 8.17. The minimum Gasteiger partial charge on any atom is -0.345 e. The predicted octanol–water partition coefficient (Wildman–Crippen LogP) is 2.82. The summed E-state index contributed by atoms with van der Waals surface area (Å²) in [6, 6.07) is 5.03. The lowest BCUT2D eigenvalue weighted by Crippen LogP contribution is -2.46. The van der Waals surface area contributed by atoms with Crippen molar-refractivity contribution in [2.24, 2.45) is 5.41 Å². The van der Waals surface area contributed by atoms with E-state index in [1.54, 1.807) is 37.6 Å². The van der Waals surface area contributed by atoms with Gasteiger partial charge in [-0.15, -0.1) is 0 Å². The van der Waals surface area contributed by atoms with Crippen molar-refractivity contribution in [3.05, 3.63) is 54.3 Å². The normalized spacial score (nSPS) is 13.2. The number of carbonyl (C=O) groups excluding carboxylic acids is 1. The molecule has 0 aromatic carbocycles. The zero-order chi connectivity index (χ0) is 18.2. The molecule has 6 nitrogen and oxygen atoms in total. The van der Waals surface area contributed by atoms with Gasteiger partial charge in [-0.25, -0.2) is 9.97 Å². The second kappa shape index (κ2) is 6.31. The van der Waals surface area contributed by atoms with Crippen molar-refractivity contribution in [1.82, 2.24) is 24.3 Å². The number of fused-ring (bicyclic) bond motifs is 1. The van der Waals surface area contributed by atoms with E-state index < -0.39 is 11.9 Å². The Balaban J connectivity index is 1.89. The van der Waals surface area contributed by atoms with E-state index in [9.17, 15) is 9.18 Å². The minimum atomic E-state index is -0.638. The van der Waals surface area contributed by atoms with Crippen molar-refractivity contribution in [3.8, 4) is 0 Å². The van der Waals surface area contributed by atoms with E-state index in [-0.39, 0.29) is 17.2 Å². The molecule has 0 radical (unpaired) electrons. The Morgan fingerprint density at radius 3 is 2.72 bits per heavy atom. The Labute approximate surface area is 145 Å². The SMILES string of the molecule is Cc1cccc2nc(C(=O)NC(Cn3ccnc3)C(C)(C)C)c(F)n12. The quantitative estimate of drug-likeness (QED) is 0.792. The van der Waals surface area contributed by atoms with Crippen molar-refractivity contribution in [3.63, 3.8) is 0 Å². The highest BCUT2D eigenvalue weighted by molar-refractivity contribution is 5.93. The molecule has 1 unspecified atom stereocenters. The summed E-state index contributed by atoms with van der Waals surface area (Å²) < 4.78 is 17.9. The molecular weight excluding hydrogens is 321 g/mol. The van der Waals surface area contributed by atoms with Crippen LogP contribution < -0.4 is 5.32 Å². The molecule has 1 atom stereocenters. The molecule has 3 aromatic heterocycles. The second-order valence-corrected chi connectivity index (χ2v) is 7.26. The van der Waals surface area contributed by atoms with Gasteiger partial charge in [0.25, 0.3) is 5.91 Å². The first-order valence-electron chi connectivity index (χ1n) is 8.17. The third kappa shape index (κ3) is 3.40. The van der Waals surface area contributed by atoms with Crippen LogP contribution in [0.1, 0.15) is 37.0 Å². The number of hydrogen-bond donors (Lipinski definition) is 1. The monoisotopic (exact) mass is 343 g/mol. The fourth-order valence-electron chi connectivity index (χ4n) is 2.73. The lowest BCUT2D eigenvalue weighted by Gasteiger charge is -2.31. The Bertz CT molecular complexity index is 892. The van der Waals surface area contributed by atoms with Crippen LogP contribution in [-0.4, -0.2) is 30.9 Å². The van der Waals surface area contributed by atoms with Crippen molar-refractivity contribution in [2.75, 3.05) is 0 Å². The Kier molecular flexibility index (Phi) is 4.32. The summed E-state index contributed by atoms with van der Waals surface area (Å²) >= 11 is 0. The number of aryl methyl sites for hydroxylation is 1. The minimum absolute atomic E-state index is 0.186. The van der Waals surface area contributed by atoms with Gasteiger partial charge in [-0.2, -0.15) is 4.39 Å². The van der Waals surface area contributed by atoms with Gasteiger partial charge in [0.15, 0.2) is 5.69 Å². The molecular formula is C18H22FN5O. The molecule has 0 fully saturated rings. The van der Waals surface area contributed by atoms with Gasteiger partial charge < -0.3 is 9.88 Å². The van der Waals surface area contributed by atoms with Gasteiger partial charge in [-0.05, 0) is 24.5 Å². The molecule has 0 aliphatic heterocycles. The van der Waals surface area contributed by atoms with E-state index in [0.29, 0.717) is 17.9 Å². The standard InChI is InChI=1S/C18H22FN5O/c1-12-6-5-7-14-22-15(16(19)24(12)14)17(25)21-13(18(2,3)4)10-23-9-8-20-11-23/h5-9,11,13H,10H2,1-4H3,(H,21,25). The first kappa shape index (κ1) is 17.1. The topological polar surface area (TPSA) is 64.2 Å². The molecule has 0 saturated heterocycles. The summed E-state index contributed by atoms with van der Waals surface area (Å²) in [4.78, 5) is 20.9. The molecule has 7 heteroatoms. The number of amides is 1. The van der Waals surface area contributed by atoms with Crippen molar-refractivity contribution in [1.29, 1.82) is 0 Å². The van der Waals surface area contributed by atoms with E-state index in [0.717, 1.165) is 0 Å². The molecule has 0 saturated carbocycles. The number of nitrogens with one attached hydrogen (secondary N) is 1. The number of pyridine rings is 1. The third-order valence-corrected chi connectivity index (χ3v) is 4.30. The lowest BCUT2D eigenvalue weighted by molar-refractivity contribution is 0.0883. The summed E-state index contributed by atoms with van der Waals surface area (Å²) in [5.41, 5.74) is 0.706. The number of imidazole rings is 2. The molecule has 1 amide bonds. The summed E-state index contributed by atoms with van der Waals surface area (Å²) in [6.45, 7) is 8.40. The molecule has 0 aliphatic carbocycles. The lowest BCUT2D eigenvalue weighted by atomic mass is 9.86. The first-order chi connectivity index (χ1) is 11.8. The van der Waals surface area contributed by atoms with Crippen LogP contribution in [0.15, 0.2) is 36.9 Å². The van der Waals surface area contributed by atoms with Gasteiger partial charge in [0, 0.05) is 24.6 Å². The van der Waals surface area contributed by atoms with Gasteiger partial charge in [0.2, 0.25) is 5.95 Å². The van der Waals surface area contributed by atoms with E-state index in [4.69, 9.17) is 0 Å². The zero-order valence-electron chi connectivity index (χ0n) is 14.8. The summed E-state index contributed by atoms with van der Waals surface area (Å²) in [5.74, 6) is -1.15. The molecule has 0 aliphatic rings. The van der Waals surface area contributed by atoms with Gasteiger partial charge in [0.05, 0.1) is 12.4 Å². The van der Waals surface area contributed by atoms with Crippen LogP contribution >= 0.6 is 0 Å². The zero-order valence-corrected chi connectivity index (χ0v) is 14.8. The maximum atomic E-state index is 14.7. The number of halogens is 1. The van der Waals surface area contributed by atoms with E-state index in [1.807, 2.05) is 31.5 Å². The Morgan fingerprint density at radius 1 is 1.36 bits per heavy atom. The number of carbonyl (C=O) groups is 1.